The normalized spacial score (nSPS) is 27.4. The summed E-state index contributed by atoms with van der Waals surface area (Å²) >= 11 is 0. The Morgan fingerprint density at radius 2 is 2.24 bits per heavy atom. The van der Waals surface area contributed by atoms with E-state index in [-0.39, 0.29) is 12.3 Å². The summed E-state index contributed by atoms with van der Waals surface area (Å²) in [4.78, 5) is 22.3. The maximum Gasteiger partial charge on any atom is 0.230 e. The van der Waals surface area contributed by atoms with Gasteiger partial charge in [-0.15, -0.1) is 0 Å². The zero-order chi connectivity index (χ0) is 22.5. The number of carbonyl (C=O) groups is 1. The summed E-state index contributed by atoms with van der Waals surface area (Å²) in [6, 6.07) is 10.3. The highest BCUT2D eigenvalue weighted by Crippen LogP contribution is 2.44. The average Bonchev–Trinajstić information content (AvgIpc) is 3.11. The van der Waals surface area contributed by atoms with E-state index in [0.29, 0.717) is 32.2 Å². The van der Waals surface area contributed by atoms with Crippen LogP contribution in [0.3, 0.4) is 0 Å². The lowest BCUT2D eigenvalue weighted by molar-refractivity contribution is -0.122. The van der Waals surface area contributed by atoms with E-state index >= 15 is 0 Å². The van der Waals surface area contributed by atoms with E-state index in [1.807, 2.05) is 31.4 Å². The highest BCUT2D eigenvalue weighted by molar-refractivity contribution is 6.00. The van der Waals surface area contributed by atoms with Crippen molar-refractivity contribution in [1.82, 2.24) is 4.98 Å². The van der Waals surface area contributed by atoms with Crippen molar-refractivity contribution in [1.29, 1.82) is 0 Å². The number of nitrogens with zero attached hydrogens (tertiary/aromatic N) is 3. The number of anilines is 4. The van der Waals surface area contributed by atoms with Crippen LogP contribution in [-0.2, 0) is 20.8 Å². The first-order valence-corrected chi connectivity index (χ1v) is 11.6. The standard InChI is InChI=1S/C25H27FN4O3/c1-2-33-23-9-16(8-20(23)26)25(31)29-12-15-4-3-7-27-24(15)28-21-6-5-17(11-22(21)29)30-18-10-19(30)14-32-13-18/h3-7,11,13,16,19-20,23H,2,8-10,12,14H2,1H3,(H,27,28)/t16-,19+,20-,23-/m0/s1. The molecule has 1 aromatic carbocycles. The van der Waals surface area contributed by atoms with Crippen molar-refractivity contribution in [3.63, 3.8) is 0 Å². The number of ether oxygens (including phenoxy) is 2. The fraction of sp³-hybridized carbons (Fsp3) is 0.440. The summed E-state index contributed by atoms with van der Waals surface area (Å²) in [5.74, 6) is 0.259. The van der Waals surface area contributed by atoms with Gasteiger partial charge in [-0.3, -0.25) is 4.79 Å². The number of aromatic nitrogens is 1. The van der Waals surface area contributed by atoms with Crippen LogP contribution in [0.5, 0.6) is 0 Å². The van der Waals surface area contributed by atoms with Crippen molar-refractivity contribution in [2.24, 2.45) is 5.92 Å². The van der Waals surface area contributed by atoms with Crippen molar-refractivity contribution in [3.8, 4) is 0 Å². The number of rotatable bonds is 4. The van der Waals surface area contributed by atoms with Crippen LogP contribution in [0.4, 0.5) is 27.3 Å². The number of hydrogen-bond donors (Lipinski definition) is 1. The number of fused-ring (bicyclic) bond motifs is 4. The molecule has 1 aliphatic carbocycles. The lowest BCUT2D eigenvalue weighted by Crippen LogP contribution is -2.51. The SMILES string of the molecule is CCO[C@H]1C[C@@H](C(=O)N2Cc3cccnc3Nc3ccc(N4C5=COC[C@H]4C5)cc32)C[C@@H]1F. The van der Waals surface area contributed by atoms with E-state index in [9.17, 15) is 9.18 Å². The number of carbonyl (C=O) groups excluding carboxylic acids is 1. The third kappa shape index (κ3) is 3.44. The summed E-state index contributed by atoms with van der Waals surface area (Å²) < 4.78 is 25.6. The molecule has 4 heterocycles. The zero-order valence-electron chi connectivity index (χ0n) is 18.5. The number of amides is 1. The van der Waals surface area contributed by atoms with Gasteiger partial charge in [-0.1, -0.05) is 6.07 Å². The Kier molecular flexibility index (Phi) is 4.98. The molecule has 4 atom stereocenters. The van der Waals surface area contributed by atoms with Gasteiger partial charge in [0.2, 0.25) is 5.91 Å². The molecule has 0 unspecified atom stereocenters. The third-order valence-corrected chi connectivity index (χ3v) is 7.08. The molecule has 172 valence electrons. The maximum absolute atomic E-state index is 14.6. The van der Waals surface area contributed by atoms with Crippen LogP contribution in [0.25, 0.3) is 0 Å². The van der Waals surface area contributed by atoms with Gasteiger partial charge in [0.15, 0.2) is 0 Å². The molecule has 1 amide bonds. The number of nitrogens with one attached hydrogen (secondary N) is 1. The minimum absolute atomic E-state index is 0.0666. The Hall–Kier alpha value is -3.13. The molecule has 3 aliphatic heterocycles. The highest BCUT2D eigenvalue weighted by atomic mass is 19.1. The number of pyridine rings is 1. The van der Waals surface area contributed by atoms with Crippen molar-refractivity contribution in [3.05, 3.63) is 54.1 Å². The van der Waals surface area contributed by atoms with Crippen LogP contribution in [0.15, 0.2) is 48.5 Å². The second-order valence-electron chi connectivity index (χ2n) is 9.11. The Morgan fingerprint density at radius 3 is 3.03 bits per heavy atom. The second kappa shape index (κ2) is 8.02. The van der Waals surface area contributed by atoms with Gasteiger partial charge >= 0.3 is 0 Å². The lowest BCUT2D eigenvalue weighted by Gasteiger charge is -2.47. The zero-order valence-corrected chi connectivity index (χ0v) is 18.5. The molecule has 6 rings (SSSR count). The molecule has 1 aromatic heterocycles. The Morgan fingerprint density at radius 1 is 1.33 bits per heavy atom. The predicted octanol–water partition coefficient (Wildman–Crippen LogP) is 4.28. The molecule has 7 nitrogen and oxygen atoms in total. The Labute approximate surface area is 192 Å². The van der Waals surface area contributed by atoms with Gasteiger partial charge < -0.3 is 24.6 Å². The fourth-order valence-corrected chi connectivity index (χ4v) is 5.44. The van der Waals surface area contributed by atoms with Crippen LogP contribution in [0.2, 0.25) is 0 Å². The molecule has 1 saturated heterocycles. The smallest absolute Gasteiger partial charge is 0.230 e. The van der Waals surface area contributed by atoms with Gasteiger partial charge in [-0.05, 0) is 44.0 Å². The number of hydrogen-bond acceptors (Lipinski definition) is 6. The molecule has 4 aliphatic rings. The summed E-state index contributed by atoms with van der Waals surface area (Å²) in [5.41, 5.74) is 4.71. The molecule has 2 fully saturated rings. The van der Waals surface area contributed by atoms with Crippen LogP contribution < -0.4 is 15.1 Å². The minimum atomic E-state index is -1.11. The van der Waals surface area contributed by atoms with E-state index in [0.717, 1.165) is 40.6 Å². The van der Waals surface area contributed by atoms with E-state index in [1.54, 1.807) is 11.1 Å². The van der Waals surface area contributed by atoms with E-state index in [2.05, 4.69) is 27.3 Å². The molecule has 1 saturated carbocycles. The van der Waals surface area contributed by atoms with Crippen molar-refractivity contribution >= 4 is 28.8 Å². The second-order valence-corrected chi connectivity index (χ2v) is 9.11. The first-order valence-electron chi connectivity index (χ1n) is 11.6. The molecule has 2 bridgehead atoms. The molecule has 2 aromatic rings. The van der Waals surface area contributed by atoms with Crippen LogP contribution in [0, 0.1) is 5.92 Å². The van der Waals surface area contributed by atoms with Crippen molar-refractivity contribution in [2.75, 3.05) is 28.3 Å². The topological polar surface area (TPSA) is 66.9 Å². The van der Waals surface area contributed by atoms with Gasteiger partial charge in [0.25, 0.3) is 0 Å². The quantitative estimate of drug-likeness (QED) is 0.750. The highest BCUT2D eigenvalue weighted by Gasteiger charge is 2.42. The number of benzene rings is 1. The Balaban J connectivity index is 1.37. The first-order chi connectivity index (χ1) is 16.1. The van der Waals surface area contributed by atoms with Crippen LogP contribution in [-0.4, -0.2) is 42.4 Å². The molecule has 8 heteroatoms. The molecular weight excluding hydrogens is 423 g/mol. The largest absolute Gasteiger partial charge is 0.497 e. The van der Waals surface area contributed by atoms with Crippen molar-refractivity contribution < 1.29 is 18.7 Å². The van der Waals surface area contributed by atoms with Gasteiger partial charge in [0, 0.05) is 36.4 Å². The number of halogens is 1. The van der Waals surface area contributed by atoms with Crippen LogP contribution >= 0.6 is 0 Å². The molecular formula is C25H27FN4O3. The molecule has 33 heavy (non-hydrogen) atoms. The average molecular weight is 451 g/mol. The van der Waals surface area contributed by atoms with Gasteiger partial charge in [0.1, 0.15) is 24.9 Å². The van der Waals surface area contributed by atoms with E-state index < -0.39 is 18.2 Å². The van der Waals surface area contributed by atoms with E-state index in [1.165, 1.54) is 0 Å². The molecule has 0 radical (unpaired) electrons. The monoisotopic (exact) mass is 450 g/mol. The summed E-state index contributed by atoms with van der Waals surface area (Å²) in [5, 5.41) is 3.41. The third-order valence-electron chi connectivity index (χ3n) is 7.08. The van der Waals surface area contributed by atoms with Gasteiger partial charge in [0.05, 0.1) is 35.8 Å². The number of alkyl halides is 1. The fourth-order valence-electron chi connectivity index (χ4n) is 5.44. The molecule has 1 N–H and O–H groups in total. The minimum Gasteiger partial charge on any atom is -0.497 e. The maximum atomic E-state index is 14.6. The van der Waals surface area contributed by atoms with Crippen LogP contribution in [0.1, 0.15) is 31.7 Å². The first kappa shape index (κ1) is 20.5. The van der Waals surface area contributed by atoms with Gasteiger partial charge in [-0.25, -0.2) is 9.37 Å². The lowest BCUT2D eigenvalue weighted by atomic mass is 9.96. The predicted molar refractivity (Wildman–Crippen MR) is 123 cm³/mol. The summed E-state index contributed by atoms with van der Waals surface area (Å²) in [6.07, 6.45) is 3.54. The van der Waals surface area contributed by atoms with E-state index in [4.69, 9.17) is 9.47 Å². The van der Waals surface area contributed by atoms with Crippen molar-refractivity contribution in [2.45, 2.75) is 51.0 Å². The summed E-state index contributed by atoms with van der Waals surface area (Å²) in [6.45, 7) is 3.35. The Bertz CT molecular complexity index is 1120. The summed E-state index contributed by atoms with van der Waals surface area (Å²) in [7, 11) is 0. The molecule has 0 spiro atoms. The van der Waals surface area contributed by atoms with Gasteiger partial charge in [-0.2, -0.15) is 0 Å².